The Morgan fingerprint density at radius 1 is 1.32 bits per heavy atom. The van der Waals surface area contributed by atoms with Gasteiger partial charge in [-0.1, -0.05) is 12.0 Å². The van der Waals surface area contributed by atoms with Crippen molar-refractivity contribution in [3.05, 3.63) is 23.8 Å². The average Bonchev–Trinajstić information content (AvgIpc) is 2.60. The summed E-state index contributed by atoms with van der Waals surface area (Å²) in [7, 11) is 3.37. The zero-order valence-corrected chi connectivity index (χ0v) is 18.7. The van der Waals surface area contributed by atoms with Crippen LogP contribution in [0.3, 0.4) is 0 Å². The van der Waals surface area contributed by atoms with Gasteiger partial charge in [0, 0.05) is 24.9 Å². The molecule has 0 spiro atoms. The molecule has 0 saturated carbocycles. The summed E-state index contributed by atoms with van der Waals surface area (Å²) >= 11 is 1.82. The van der Waals surface area contributed by atoms with Gasteiger partial charge in [0.2, 0.25) is 0 Å². The normalized spacial score (nSPS) is 11.1. The second-order valence-corrected chi connectivity index (χ2v) is 7.23. The van der Waals surface area contributed by atoms with Gasteiger partial charge in [-0.15, -0.1) is 30.4 Å². The molecular weight excluding hydrogens is 449 g/mol. The summed E-state index contributed by atoms with van der Waals surface area (Å²) in [6.07, 6.45) is 7.35. The molecule has 0 heterocycles. The van der Waals surface area contributed by atoms with Crippen molar-refractivity contribution < 1.29 is 9.47 Å². The predicted octanol–water partition coefficient (Wildman–Crippen LogP) is 3.13. The van der Waals surface area contributed by atoms with E-state index in [0.717, 1.165) is 18.1 Å². The first-order valence-electron chi connectivity index (χ1n) is 7.68. The number of terminal acetylenes is 1. The lowest BCUT2D eigenvalue weighted by atomic mass is 10.2. The number of thioether (sulfide) groups is 1. The van der Waals surface area contributed by atoms with Gasteiger partial charge in [-0.3, -0.25) is 4.99 Å². The lowest BCUT2D eigenvalue weighted by Gasteiger charge is -2.23. The van der Waals surface area contributed by atoms with Crippen molar-refractivity contribution in [2.75, 3.05) is 33.6 Å². The van der Waals surface area contributed by atoms with Crippen LogP contribution in [0.2, 0.25) is 0 Å². The highest BCUT2D eigenvalue weighted by Gasteiger charge is 2.16. The molecule has 2 N–H and O–H groups in total. The van der Waals surface area contributed by atoms with Crippen molar-refractivity contribution in [3.8, 4) is 23.8 Å². The number of aliphatic imine (C=N–C) groups is 1. The SMILES string of the molecule is C#CCOc1cc(CNC(=NC)NCC(C)(C)SC)ccc1OC.I. The highest BCUT2D eigenvalue weighted by molar-refractivity contribution is 14.0. The summed E-state index contributed by atoms with van der Waals surface area (Å²) in [5, 5.41) is 6.63. The zero-order chi connectivity index (χ0) is 18.0. The van der Waals surface area contributed by atoms with E-state index in [1.165, 1.54) is 0 Å². The number of ether oxygens (including phenoxy) is 2. The summed E-state index contributed by atoms with van der Waals surface area (Å²) in [6.45, 7) is 6.04. The molecule has 0 radical (unpaired) electrons. The van der Waals surface area contributed by atoms with Gasteiger partial charge >= 0.3 is 0 Å². The van der Waals surface area contributed by atoms with Gasteiger partial charge in [0.05, 0.1) is 7.11 Å². The van der Waals surface area contributed by atoms with Crippen molar-refractivity contribution >= 4 is 41.7 Å². The zero-order valence-electron chi connectivity index (χ0n) is 15.5. The van der Waals surface area contributed by atoms with Crippen LogP contribution in [-0.4, -0.2) is 44.3 Å². The molecule has 0 atom stereocenters. The molecule has 0 aromatic heterocycles. The summed E-state index contributed by atoms with van der Waals surface area (Å²) in [6, 6.07) is 5.77. The van der Waals surface area contributed by atoms with Gasteiger partial charge < -0.3 is 20.1 Å². The molecule has 1 aromatic rings. The molecule has 0 saturated heterocycles. The Labute approximate surface area is 172 Å². The lowest BCUT2D eigenvalue weighted by Crippen LogP contribution is -2.42. The summed E-state index contributed by atoms with van der Waals surface area (Å²) in [5.74, 6) is 4.53. The molecule has 0 bridgehead atoms. The fourth-order valence-electron chi connectivity index (χ4n) is 1.84. The van der Waals surface area contributed by atoms with Gasteiger partial charge in [-0.05, 0) is 37.8 Å². The maximum Gasteiger partial charge on any atom is 0.191 e. The number of rotatable bonds is 8. The molecular formula is C18H28IN3O2S. The standard InChI is InChI=1S/C18H27N3O2S.HI/c1-7-10-23-16-11-14(8-9-15(16)22-5)12-20-17(19-4)21-13-18(2,3)24-6;/h1,8-9,11H,10,12-13H2,2-6H3,(H2,19,20,21);1H. The largest absolute Gasteiger partial charge is 0.493 e. The molecule has 25 heavy (non-hydrogen) atoms. The molecule has 140 valence electrons. The Morgan fingerprint density at radius 3 is 2.60 bits per heavy atom. The summed E-state index contributed by atoms with van der Waals surface area (Å²) in [5.41, 5.74) is 1.05. The predicted molar refractivity (Wildman–Crippen MR) is 119 cm³/mol. The fourth-order valence-corrected chi connectivity index (χ4v) is 2.05. The average molecular weight is 477 g/mol. The Hall–Kier alpha value is -1.27. The molecule has 1 aromatic carbocycles. The number of benzene rings is 1. The molecule has 5 nitrogen and oxygen atoms in total. The third-order valence-electron chi connectivity index (χ3n) is 3.46. The number of methoxy groups -OCH3 is 1. The molecule has 0 fully saturated rings. The van der Waals surface area contributed by atoms with E-state index in [2.05, 4.69) is 41.6 Å². The monoisotopic (exact) mass is 477 g/mol. The third-order valence-corrected chi connectivity index (χ3v) is 4.71. The number of halogens is 1. The van der Waals surface area contributed by atoms with Gasteiger partial charge in [0.15, 0.2) is 17.5 Å². The maximum absolute atomic E-state index is 5.52. The van der Waals surface area contributed by atoms with Crippen molar-refractivity contribution in [3.63, 3.8) is 0 Å². The van der Waals surface area contributed by atoms with Gasteiger partial charge in [0.25, 0.3) is 0 Å². The third kappa shape index (κ3) is 8.59. The van der Waals surface area contributed by atoms with Crippen LogP contribution in [-0.2, 0) is 6.54 Å². The van der Waals surface area contributed by atoms with Gasteiger partial charge in [-0.2, -0.15) is 11.8 Å². The number of hydrogen-bond acceptors (Lipinski definition) is 4. The summed E-state index contributed by atoms with van der Waals surface area (Å²) < 4.78 is 10.9. The Kier molecular flexibility index (Phi) is 11.5. The van der Waals surface area contributed by atoms with Crippen LogP contribution in [0.25, 0.3) is 0 Å². The van der Waals surface area contributed by atoms with Crippen molar-refractivity contribution in [2.45, 2.75) is 25.1 Å². The first-order chi connectivity index (χ1) is 11.5. The summed E-state index contributed by atoms with van der Waals surface area (Å²) in [4.78, 5) is 4.25. The Balaban J connectivity index is 0.00000576. The molecule has 0 aliphatic carbocycles. The topological polar surface area (TPSA) is 54.9 Å². The van der Waals surface area contributed by atoms with Crippen LogP contribution in [0.15, 0.2) is 23.2 Å². The second-order valence-electron chi connectivity index (χ2n) is 5.72. The van der Waals surface area contributed by atoms with E-state index in [1.807, 2.05) is 30.0 Å². The number of nitrogens with one attached hydrogen (secondary N) is 2. The minimum Gasteiger partial charge on any atom is -0.493 e. The van der Waals surface area contributed by atoms with Crippen LogP contribution in [0.5, 0.6) is 11.5 Å². The molecule has 0 aliphatic rings. The number of hydrogen-bond donors (Lipinski definition) is 2. The molecule has 0 aliphatic heterocycles. The molecule has 0 amide bonds. The second kappa shape index (κ2) is 12.1. The van der Waals surface area contributed by atoms with Crippen molar-refractivity contribution in [1.82, 2.24) is 10.6 Å². The number of guanidine groups is 1. The van der Waals surface area contributed by atoms with E-state index < -0.39 is 0 Å². The highest BCUT2D eigenvalue weighted by Crippen LogP contribution is 2.28. The van der Waals surface area contributed by atoms with Crippen molar-refractivity contribution in [1.29, 1.82) is 0 Å². The first kappa shape index (κ1) is 23.7. The quantitative estimate of drug-likeness (QED) is 0.261. The molecule has 0 unspecified atom stereocenters. The Bertz CT molecular complexity index is 600. The minimum absolute atomic E-state index is 0. The van der Waals surface area contributed by atoms with E-state index in [4.69, 9.17) is 15.9 Å². The lowest BCUT2D eigenvalue weighted by molar-refractivity contribution is 0.330. The minimum atomic E-state index is 0. The van der Waals surface area contributed by atoms with E-state index in [-0.39, 0.29) is 35.3 Å². The smallest absolute Gasteiger partial charge is 0.191 e. The first-order valence-corrected chi connectivity index (χ1v) is 8.91. The Morgan fingerprint density at radius 2 is 2.04 bits per heavy atom. The highest BCUT2D eigenvalue weighted by atomic mass is 127. The van der Waals surface area contributed by atoms with Gasteiger partial charge in [0.1, 0.15) is 6.61 Å². The molecule has 7 heteroatoms. The van der Waals surface area contributed by atoms with Crippen LogP contribution in [0.1, 0.15) is 19.4 Å². The van der Waals surface area contributed by atoms with E-state index in [9.17, 15) is 0 Å². The van der Waals surface area contributed by atoms with Crippen LogP contribution >= 0.6 is 35.7 Å². The fraction of sp³-hybridized carbons (Fsp3) is 0.500. The number of nitrogens with zero attached hydrogens (tertiary/aromatic N) is 1. The molecule has 1 rings (SSSR count). The van der Waals surface area contributed by atoms with E-state index >= 15 is 0 Å². The maximum atomic E-state index is 5.52. The van der Waals surface area contributed by atoms with Crippen LogP contribution < -0.4 is 20.1 Å². The van der Waals surface area contributed by atoms with E-state index in [0.29, 0.717) is 18.0 Å². The van der Waals surface area contributed by atoms with Crippen LogP contribution in [0.4, 0.5) is 0 Å². The van der Waals surface area contributed by atoms with Crippen molar-refractivity contribution in [2.24, 2.45) is 4.99 Å². The van der Waals surface area contributed by atoms with Crippen LogP contribution in [0, 0.1) is 12.3 Å². The van der Waals surface area contributed by atoms with E-state index in [1.54, 1.807) is 14.2 Å². The van der Waals surface area contributed by atoms with Gasteiger partial charge in [-0.25, -0.2) is 0 Å².